The predicted octanol–water partition coefficient (Wildman–Crippen LogP) is 28.3. The molecule has 24 aromatic rings. The number of furan rings is 4. The normalized spacial score (nSPS) is 13.3. The highest BCUT2D eigenvalue weighted by molar-refractivity contribution is 6.18. The van der Waals surface area contributed by atoms with E-state index in [-0.39, 0.29) is 0 Å². The Morgan fingerprint density at radius 3 is 1.03 bits per heavy atom. The SMILES string of the molecule is Cc1ccc2c(oc3cc4ccccc4cc32)c1-c1ccc2ccccc2[n+]1C.[2H]C([2H])([2H])c1cc2c(oc3cc4ccccc4cc32)c(-c2cc(C)c3ccccc3[n+]2C)c1C.[2H]C([2H])([2H])c1cc2c(oc3cc4ccccc4cc32)c(-c2cc3ccccc3c[n+]2C)c1C.[2H]C([2H])([2H])c1cc2c(oc3cc4ccccc4cc32)c(-c2ccc3c(C)cccc3[n+]2C)c1C. The largest absolute Gasteiger partial charge is 0.455 e. The second kappa shape index (κ2) is 28.9. The van der Waals surface area contributed by atoms with Crippen molar-refractivity contribution in [3.63, 3.8) is 0 Å². The van der Waals surface area contributed by atoms with E-state index in [1.54, 1.807) is 18.2 Å². The van der Waals surface area contributed by atoms with Gasteiger partial charge in [0, 0.05) is 119 Å². The maximum absolute atomic E-state index is 8.26. The zero-order valence-electron chi connectivity index (χ0n) is 77.9. The minimum absolute atomic E-state index is 0.356. The van der Waals surface area contributed by atoms with Gasteiger partial charge in [-0.25, -0.2) is 4.57 Å². The highest BCUT2D eigenvalue weighted by Gasteiger charge is 2.30. The van der Waals surface area contributed by atoms with Gasteiger partial charge in [0.2, 0.25) is 39.3 Å². The van der Waals surface area contributed by atoms with Gasteiger partial charge >= 0.3 is 0 Å². The zero-order valence-corrected chi connectivity index (χ0v) is 68.9. The average Bonchev–Trinajstić information content (AvgIpc) is 1.52. The molecule has 8 nitrogen and oxygen atoms in total. The molecule has 8 heterocycles. The molecule has 0 atom stereocenters. The summed E-state index contributed by atoms with van der Waals surface area (Å²) >= 11 is 0. The number of hydrogen-bond acceptors (Lipinski definition) is 4. The van der Waals surface area contributed by atoms with Crippen molar-refractivity contribution in [2.45, 2.75) is 62.1 Å². The molecule has 0 spiro atoms. The maximum atomic E-state index is 8.26. The van der Waals surface area contributed by atoms with Gasteiger partial charge in [-0.2, -0.15) is 13.7 Å². The number of benzene rings is 16. The molecule has 0 fully saturated rings. The number of rotatable bonds is 4. The van der Waals surface area contributed by atoms with Crippen LogP contribution in [0.4, 0.5) is 0 Å². The van der Waals surface area contributed by atoms with Gasteiger partial charge in [0.25, 0.3) is 0 Å². The molecule has 0 N–H and O–H groups in total. The van der Waals surface area contributed by atoms with Crippen LogP contribution in [0.25, 0.3) is 219 Å². The molecule has 0 aliphatic rings. The number of aromatic nitrogens is 4. The van der Waals surface area contributed by atoms with Gasteiger partial charge < -0.3 is 17.7 Å². The minimum Gasteiger partial charge on any atom is -0.455 e. The van der Waals surface area contributed by atoms with Gasteiger partial charge in [0.15, 0.2) is 6.20 Å². The van der Waals surface area contributed by atoms with Crippen LogP contribution in [0.15, 0.2) is 327 Å². The molecule has 24 rings (SSSR count). The Kier molecular flexibility index (Phi) is 15.4. The molecule has 0 radical (unpaired) electrons. The van der Waals surface area contributed by atoms with Crippen LogP contribution in [0.3, 0.4) is 0 Å². The molecular weight excluding hydrogens is 1480 g/mol. The lowest BCUT2D eigenvalue weighted by atomic mass is 9.94. The molecule has 0 aliphatic carbocycles. The van der Waals surface area contributed by atoms with Gasteiger partial charge in [-0.1, -0.05) is 164 Å². The average molecular weight is 1580 g/mol. The first-order chi connectivity index (χ1) is 62.5. The molecule has 0 saturated heterocycles. The summed E-state index contributed by atoms with van der Waals surface area (Å²) in [6, 6.07) is 104. The van der Waals surface area contributed by atoms with Crippen molar-refractivity contribution in [3.05, 3.63) is 360 Å². The smallest absolute Gasteiger partial charge is 0.217 e. The number of nitrogens with zero attached hydrogens (tertiary/aromatic N) is 4. The van der Waals surface area contributed by atoms with Crippen molar-refractivity contribution >= 4 is 174 Å². The minimum atomic E-state index is -2.24. The van der Waals surface area contributed by atoms with Crippen LogP contribution in [-0.4, -0.2) is 0 Å². The third-order valence-electron chi connectivity index (χ3n) is 25.3. The van der Waals surface area contributed by atoms with E-state index in [1.807, 2.05) is 121 Å². The predicted molar refractivity (Wildman–Crippen MR) is 504 cm³/mol. The molecule has 121 heavy (non-hydrogen) atoms. The maximum Gasteiger partial charge on any atom is 0.217 e. The second-order valence-corrected chi connectivity index (χ2v) is 32.5. The van der Waals surface area contributed by atoms with Gasteiger partial charge in [-0.15, -0.1) is 0 Å². The molecule has 0 aliphatic heterocycles. The lowest BCUT2D eigenvalue weighted by molar-refractivity contribution is -0.659. The van der Waals surface area contributed by atoms with E-state index < -0.39 is 20.6 Å². The standard InChI is InChI=1S/2C29H24NO.C28H22NO.C27H20NO/c1-17-8-7-11-25-22(17)12-13-26(30(25)4)28-19(3)18(2)14-24-23-15-20-9-5-6-10-21(20)16-27(23)31-29(24)28;1-17-13-24-23-15-20-9-5-6-10-21(20)16-27(23)31-29(24)28(19(17)3)26-14-18(2)22-11-7-8-12-25(22)30(26)4;1-17-12-24-23-13-19-8-4-5-10-21(19)15-26(23)30-28(24)27(18(17)2)25-14-20-9-6-7-11-22(20)16-29(25)3;1-17-11-13-21-22-15-19-8-3-4-9-20(19)16-25(22)29-27(21)26(17)24-14-12-18-7-5-6-10-23(18)28(24)2/h2*5-16H,1-4H3;4-16H,1-3H3;3-16H,1-2H3/q4*+1/i2D3;2*1D3;. The van der Waals surface area contributed by atoms with Crippen molar-refractivity contribution in [1.82, 2.24) is 0 Å². The Bertz CT molecular complexity index is 8890. The van der Waals surface area contributed by atoms with Crippen LogP contribution in [0.2, 0.25) is 0 Å². The number of pyridine rings is 4. The number of fused-ring (bicyclic) bond motifs is 20. The third kappa shape index (κ3) is 12.2. The Morgan fingerprint density at radius 2 is 0.554 bits per heavy atom. The first kappa shape index (κ1) is 64.5. The molecule has 0 saturated carbocycles. The quantitative estimate of drug-likeness (QED) is 0.165. The van der Waals surface area contributed by atoms with E-state index in [4.69, 9.17) is 30.0 Å². The first-order valence-electron chi connectivity index (χ1n) is 45.6. The number of aryl methyl sites for hydroxylation is 10. The fraction of sp³-hybridized carbons (Fsp3) is 0.115. The fourth-order valence-electron chi connectivity index (χ4n) is 18.7. The van der Waals surface area contributed by atoms with E-state index in [0.717, 1.165) is 198 Å². The summed E-state index contributed by atoms with van der Waals surface area (Å²) in [5, 5.41) is 22.4. The first-order valence-corrected chi connectivity index (χ1v) is 41.1. The van der Waals surface area contributed by atoms with Gasteiger partial charge in [0.1, 0.15) is 72.9 Å². The molecule has 16 aromatic carbocycles. The topological polar surface area (TPSA) is 68.1 Å². The van der Waals surface area contributed by atoms with E-state index >= 15 is 0 Å². The lowest BCUT2D eigenvalue weighted by Gasteiger charge is -2.11. The number of para-hydroxylation sites is 2. The highest BCUT2D eigenvalue weighted by Crippen LogP contribution is 2.46. The summed E-state index contributed by atoms with van der Waals surface area (Å²) in [5.41, 5.74) is 24.1. The van der Waals surface area contributed by atoms with E-state index in [0.29, 0.717) is 16.7 Å². The molecule has 0 unspecified atom stereocenters. The van der Waals surface area contributed by atoms with Crippen molar-refractivity contribution in [2.75, 3.05) is 0 Å². The Labute approximate surface area is 713 Å². The molecular formula is C113H90N4O4+4. The van der Waals surface area contributed by atoms with E-state index in [2.05, 4.69) is 259 Å². The van der Waals surface area contributed by atoms with Crippen LogP contribution < -0.4 is 18.3 Å². The Hall–Kier alpha value is -14.6. The van der Waals surface area contributed by atoms with Crippen LogP contribution in [0.1, 0.15) is 62.4 Å². The highest BCUT2D eigenvalue weighted by atomic mass is 16.3. The zero-order chi connectivity index (χ0) is 90.0. The Morgan fingerprint density at radius 1 is 0.215 bits per heavy atom. The van der Waals surface area contributed by atoms with Crippen LogP contribution >= 0.6 is 0 Å². The van der Waals surface area contributed by atoms with Crippen molar-refractivity contribution in [2.24, 2.45) is 28.2 Å². The van der Waals surface area contributed by atoms with Crippen LogP contribution in [0.5, 0.6) is 0 Å². The molecule has 0 amide bonds. The summed E-state index contributed by atoms with van der Waals surface area (Å²) in [6.07, 6.45) is 2.08. The molecule has 0 bridgehead atoms. The van der Waals surface area contributed by atoms with E-state index in [1.165, 1.54) is 54.3 Å². The summed E-state index contributed by atoms with van der Waals surface area (Å²) in [7, 11) is 8.18. The fourth-order valence-corrected chi connectivity index (χ4v) is 18.7. The van der Waals surface area contributed by atoms with Crippen molar-refractivity contribution < 1.29 is 48.3 Å². The van der Waals surface area contributed by atoms with Gasteiger partial charge in [-0.3, -0.25) is 0 Å². The summed E-state index contributed by atoms with van der Waals surface area (Å²) in [6.45, 7) is 5.32. The summed E-state index contributed by atoms with van der Waals surface area (Å²) in [4.78, 5) is 0. The number of hydrogen-bond donors (Lipinski definition) is 0. The van der Waals surface area contributed by atoms with Crippen molar-refractivity contribution in [1.29, 1.82) is 0 Å². The monoisotopic (exact) mass is 1580 g/mol. The third-order valence-corrected chi connectivity index (χ3v) is 25.3. The molecule has 8 aromatic heterocycles. The Balaban J connectivity index is 0.000000105. The molecule has 8 heteroatoms. The second-order valence-electron chi connectivity index (χ2n) is 32.5. The van der Waals surface area contributed by atoms with E-state index in [9.17, 15) is 0 Å². The summed E-state index contributed by atoms with van der Waals surface area (Å²) < 4.78 is 109. The molecule has 582 valence electrons. The van der Waals surface area contributed by atoms with Gasteiger partial charge in [0.05, 0.1) is 22.3 Å². The van der Waals surface area contributed by atoms with Gasteiger partial charge in [-0.05, 0) is 258 Å². The van der Waals surface area contributed by atoms with Crippen LogP contribution in [-0.2, 0) is 28.2 Å². The van der Waals surface area contributed by atoms with Crippen molar-refractivity contribution in [3.8, 4) is 45.0 Å². The van der Waals surface area contributed by atoms with Crippen LogP contribution in [0, 0.1) is 62.1 Å². The lowest BCUT2D eigenvalue weighted by Crippen LogP contribution is -2.32. The summed E-state index contributed by atoms with van der Waals surface area (Å²) in [5.74, 6) is 0.